The molecule has 9 nitrogen and oxygen atoms in total. The van der Waals surface area contributed by atoms with Crippen LogP contribution >= 0.6 is 7.82 Å². The molecule has 65 heavy (non-hydrogen) atoms. The fraction of sp³-hybridized carbons (Fsp3) is 0.673. The van der Waals surface area contributed by atoms with Gasteiger partial charge in [-0.25, -0.2) is 4.57 Å². The van der Waals surface area contributed by atoms with Gasteiger partial charge in [-0.1, -0.05) is 195 Å². The zero-order valence-corrected chi connectivity index (χ0v) is 42.8. The second kappa shape index (κ2) is 46.1. The second-order valence-corrected chi connectivity index (χ2v) is 19.3. The molecule has 2 unspecified atom stereocenters. The molecule has 0 saturated carbocycles. The number of rotatable bonds is 45. The van der Waals surface area contributed by atoms with Crippen molar-refractivity contribution in [3.8, 4) is 0 Å². The van der Waals surface area contributed by atoms with Crippen molar-refractivity contribution in [2.24, 2.45) is 0 Å². The summed E-state index contributed by atoms with van der Waals surface area (Å²) in [7, 11) is 1.44. The van der Waals surface area contributed by atoms with Crippen LogP contribution in [0, 0.1) is 0 Å². The summed E-state index contributed by atoms with van der Waals surface area (Å²) in [5.74, 6) is -0.853. The van der Waals surface area contributed by atoms with Gasteiger partial charge < -0.3 is 18.9 Å². The minimum Gasteiger partial charge on any atom is -0.462 e. The third-order valence-corrected chi connectivity index (χ3v) is 11.4. The monoisotopic (exact) mass is 929 g/mol. The summed E-state index contributed by atoms with van der Waals surface area (Å²) in [5.41, 5.74) is 0. The van der Waals surface area contributed by atoms with E-state index in [1.807, 2.05) is 21.1 Å². The Morgan fingerprint density at radius 1 is 0.492 bits per heavy atom. The standard InChI is InChI=1S/C55H94NO8P/c1-6-8-10-12-14-16-18-20-22-23-24-25-26-27-28-29-30-31-32-33-34-36-38-40-42-44-46-48-55(58)64-53(52-63-65(59,60)62-50-49-56(3,4)5)51-61-54(57)47-45-43-41-39-37-35-21-19-17-15-13-11-9-7-2/h8,10,14,16,20,22,24-25,27-28,30-31,33-34,38,40,53H,6-7,9,11-13,15,17-19,21,23,26,29,32,35-37,39,41-52H2,1-5H3/p+1/b10-8-,16-14-,22-20-,25-24-,28-27-,31-30-,34-33-,40-38-. The molecule has 0 amide bonds. The van der Waals surface area contributed by atoms with Gasteiger partial charge in [-0.3, -0.25) is 18.6 Å². The first kappa shape index (κ1) is 61.9. The lowest BCUT2D eigenvalue weighted by molar-refractivity contribution is -0.870. The highest BCUT2D eigenvalue weighted by molar-refractivity contribution is 7.47. The van der Waals surface area contributed by atoms with E-state index in [0.717, 1.165) is 83.5 Å². The second-order valence-electron chi connectivity index (χ2n) is 17.8. The van der Waals surface area contributed by atoms with Crippen LogP contribution in [0.4, 0.5) is 0 Å². The molecular formula is C55H95NO8P+. The SMILES string of the molecule is CC/C=C\C/C=C\C/C=C\C/C=C\C/C=C\C/C=C\C/C=C\C/C=C\CCCCC(=O)OC(COC(=O)CCCCCCCCCCCCCCCC)COP(=O)(O)OCC[N+](C)(C)C. The molecule has 2 atom stereocenters. The molecule has 0 spiro atoms. The Kier molecular flexibility index (Phi) is 43.9. The number of hydrogen-bond acceptors (Lipinski definition) is 7. The highest BCUT2D eigenvalue weighted by Crippen LogP contribution is 2.43. The molecule has 0 aliphatic rings. The van der Waals surface area contributed by atoms with E-state index < -0.39 is 26.5 Å². The molecule has 0 aromatic rings. The van der Waals surface area contributed by atoms with Crippen LogP contribution < -0.4 is 0 Å². The van der Waals surface area contributed by atoms with Crippen LogP contribution in [0.25, 0.3) is 0 Å². The molecule has 0 rings (SSSR count). The molecular weight excluding hydrogens is 834 g/mol. The van der Waals surface area contributed by atoms with Crippen LogP contribution in [-0.2, 0) is 32.7 Å². The van der Waals surface area contributed by atoms with Gasteiger partial charge in [-0.15, -0.1) is 0 Å². The van der Waals surface area contributed by atoms with Crippen molar-refractivity contribution in [3.05, 3.63) is 97.2 Å². The van der Waals surface area contributed by atoms with E-state index in [9.17, 15) is 19.0 Å². The number of carbonyl (C=O) groups is 2. The predicted molar refractivity (Wildman–Crippen MR) is 275 cm³/mol. The minimum absolute atomic E-state index is 0.0188. The molecule has 0 aliphatic heterocycles. The van der Waals surface area contributed by atoms with E-state index in [1.165, 1.54) is 70.6 Å². The molecule has 0 fully saturated rings. The predicted octanol–water partition coefficient (Wildman–Crippen LogP) is 15.3. The van der Waals surface area contributed by atoms with E-state index in [4.69, 9.17) is 18.5 Å². The molecule has 0 radical (unpaired) electrons. The van der Waals surface area contributed by atoms with E-state index in [2.05, 4.69) is 111 Å². The Labute approximate surface area is 398 Å². The average Bonchev–Trinajstić information content (AvgIpc) is 3.26. The van der Waals surface area contributed by atoms with E-state index in [0.29, 0.717) is 17.4 Å². The third-order valence-electron chi connectivity index (χ3n) is 10.4. The van der Waals surface area contributed by atoms with Gasteiger partial charge in [-0.2, -0.15) is 0 Å². The molecule has 0 saturated heterocycles. The van der Waals surface area contributed by atoms with Crippen molar-refractivity contribution >= 4 is 19.8 Å². The lowest BCUT2D eigenvalue weighted by Crippen LogP contribution is -2.37. The normalized spacial score (nSPS) is 14.2. The van der Waals surface area contributed by atoms with E-state index in [1.54, 1.807) is 0 Å². The van der Waals surface area contributed by atoms with Crippen molar-refractivity contribution < 1.29 is 42.1 Å². The number of likely N-dealkylation sites (N-methyl/N-ethyl adjacent to an activating group) is 1. The Hall–Kier alpha value is -3.07. The van der Waals surface area contributed by atoms with Gasteiger partial charge in [-0.05, 0) is 77.0 Å². The Balaban J connectivity index is 4.36. The van der Waals surface area contributed by atoms with Crippen LogP contribution in [0.5, 0.6) is 0 Å². The molecule has 1 N–H and O–H groups in total. The van der Waals surface area contributed by atoms with Crippen molar-refractivity contribution in [2.45, 2.75) is 193 Å². The van der Waals surface area contributed by atoms with Gasteiger partial charge in [0.1, 0.15) is 19.8 Å². The van der Waals surface area contributed by atoms with E-state index in [-0.39, 0.29) is 32.0 Å². The highest BCUT2D eigenvalue weighted by atomic mass is 31.2. The highest BCUT2D eigenvalue weighted by Gasteiger charge is 2.27. The molecule has 0 aromatic heterocycles. The molecule has 0 heterocycles. The first-order chi connectivity index (χ1) is 31.5. The summed E-state index contributed by atoms with van der Waals surface area (Å²) in [6.45, 7) is 4.25. The van der Waals surface area contributed by atoms with Crippen molar-refractivity contribution in [1.29, 1.82) is 0 Å². The average molecular weight is 929 g/mol. The topological polar surface area (TPSA) is 108 Å². The number of phosphoric ester groups is 1. The minimum atomic E-state index is -4.40. The smallest absolute Gasteiger partial charge is 0.462 e. The summed E-state index contributed by atoms with van der Waals surface area (Å²) in [5, 5.41) is 0. The van der Waals surface area contributed by atoms with Gasteiger partial charge in [0.05, 0.1) is 27.7 Å². The fourth-order valence-electron chi connectivity index (χ4n) is 6.44. The number of phosphoric acid groups is 1. The summed E-state index contributed by atoms with van der Waals surface area (Å²) in [4.78, 5) is 35.5. The van der Waals surface area contributed by atoms with Crippen molar-refractivity contribution in [3.63, 3.8) is 0 Å². The molecule has 10 heteroatoms. The summed E-state index contributed by atoms with van der Waals surface area (Å²) in [6.07, 6.45) is 61.8. The lowest BCUT2D eigenvalue weighted by atomic mass is 10.0. The molecule has 0 aliphatic carbocycles. The van der Waals surface area contributed by atoms with Crippen LogP contribution in [0.2, 0.25) is 0 Å². The number of allylic oxidation sites excluding steroid dienone is 16. The largest absolute Gasteiger partial charge is 0.472 e. The lowest BCUT2D eigenvalue weighted by Gasteiger charge is -2.24. The van der Waals surface area contributed by atoms with Gasteiger partial charge in [0, 0.05) is 12.8 Å². The number of carbonyl (C=O) groups excluding carboxylic acids is 2. The fourth-order valence-corrected chi connectivity index (χ4v) is 7.18. The number of nitrogens with zero attached hydrogens (tertiary/aromatic N) is 1. The Bertz CT molecular complexity index is 1420. The van der Waals surface area contributed by atoms with Gasteiger partial charge in [0.15, 0.2) is 6.10 Å². The van der Waals surface area contributed by atoms with Crippen LogP contribution in [0.15, 0.2) is 97.2 Å². The van der Waals surface area contributed by atoms with Crippen molar-refractivity contribution in [2.75, 3.05) is 47.5 Å². The number of esters is 2. The maximum Gasteiger partial charge on any atom is 0.472 e. The van der Waals surface area contributed by atoms with Gasteiger partial charge in [0.25, 0.3) is 0 Å². The summed E-state index contributed by atoms with van der Waals surface area (Å²) >= 11 is 0. The Morgan fingerprint density at radius 2 is 0.877 bits per heavy atom. The van der Waals surface area contributed by atoms with Crippen LogP contribution in [-0.4, -0.2) is 74.9 Å². The zero-order chi connectivity index (χ0) is 47.8. The number of hydrogen-bond donors (Lipinski definition) is 1. The first-order valence-corrected chi connectivity index (χ1v) is 27.0. The van der Waals surface area contributed by atoms with E-state index >= 15 is 0 Å². The van der Waals surface area contributed by atoms with Crippen LogP contribution in [0.1, 0.15) is 187 Å². The van der Waals surface area contributed by atoms with Gasteiger partial charge in [0.2, 0.25) is 0 Å². The van der Waals surface area contributed by atoms with Crippen molar-refractivity contribution in [1.82, 2.24) is 0 Å². The number of quaternary nitrogens is 1. The number of unbranched alkanes of at least 4 members (excludes halogenated alkanes) is 15. The maximum atomic E-state index is 12.7. The molecule has 0 bridgehead atoms. The maximum absolute atomic E-state index is 12.7. The van der Waals surface area contributed by atoms with Crippen LogP contribution in [0.3, 0.4) is 0 Å². The molecule has 0 aromatic carbocycles. The first-order valence-electron chi connectivity index (χ1n) is 25.5. The summed E-state index contributed by atoms with van der Waals surface area (Å²) < 4.78 is 34.4. The third kappa shape index (κ3) is 50.2. The van der Waals surface area contributed by atoms with Gasteiger partial charge >= 0.3 is 19.8 Å². The summed E-state index contributed by atoms with van der Waals surface area (Å²) in [6, 6.07) is 0. The zero-order valence-electron chi connectivity index (χ0n) is 41.9. The number of ether oxygens (including phenoxy) is 2. The quantitative estimate of drug-likeness (QED) is 0.0211. The Morgan fingerprint density at radius 3 is 1.31 bits per heavy atom. The molecule has 372 valence electrons.